The van der Waals surface area contributed by atoms with Crippen molar-refractivity contribution in [2.45, 2.75) is 77.6 Å². The van der Waals surface area contributed by atoms with Crippen LogP contribution in [0.1, 0.15) is 78.0 Å². The third kappa shape index (κ3) is 6.45. The zero-order valence-corrected chi connectivity index (χ0v) is 43.2. The molecule has 344 valence electrons. The van der Waals surface area contributed by atoms with Crippen LogP contribution in [-0.4, -0.2) is 6.71 Å². The first-order valence-electron chi connectivity index (χ1n) is 25.4. The molecule has 5 heteroatoms. The quantitative estimate of drug-likeness (QED) is 0.162. The topological polar surface area (TPSA) is 6.48 Å². The van der Waals surface area contributed by atoms with E-state index in [1.165, 1.54) is 143 Å². The minimum Gasteiger partial charge on any atom is -0.311 e. The fraction of sp³-hybridized carbons (Fsp3) is 0.182. The third-order valence-electron chi connectivity index (χ3n) is 16.5. The summed E-state index contributed by atoms with van der Waals surface area (Å²) in [5.74, 6) is 0. The van der Waals surface area contributed by atoms with Crippen molar-refractivity contribution in [2.24, 2.45) is 0 Å². The molecule has 2 nitrogen and oxygen atoms in total. The van der Waals surface area contributed by atoms with Crippen molar-refractivity contribution in [3.63, 3.8) is 0 Å². The number of hydrogen-bond acceptors (Lipinski definition) is 4. The van der Waals surface area contributed by atoms with Gasteiger partial charge in [0.1, 0.15) is 0 Å². The maximum absolute atomic E-state index is 2.65. The van der Waals surface area contributed by atoms with Gasteiger partial charge in [-0.1, -0.05) is 158 Å². The first kappa shape index (κ1) is 42.9. The van der Waals surface area contributed by atoms with Crippen molar-refractivity contribution in [1.29, 1.82) is 0 Å². The van der Waals surface area contributed by atoms with Crippen LogP contribution in [0.4, 0.5) is 34.1 Å². The SMILES string of the molecule is CC(C)(C)c1ccc2c(c1)N(c1ccc(-c3cccc4sc5ccccc5c34)cc1)c1cccc3c1B2c1cc2c(cc1N3c1ccc(-c3cccc4sc5ccccc5c34)cc1)C(C)(C)CCC2(C)C. The second kappa shape index (κ2) is 15.3. The van der Waals surface area contributed by atoms with Gasteiger partial charge in [-0.3, -0.25) is 0 Å². The molecule has 0 unspecified atom stereocenters. The zero-order valence-electron chi connectivity index (χ0n) is 41.5. The van der Waals surface area contributed by atoms with Crippen molar-refractivity contribution < 1.29 is 0 Å². The van der Waals surface area contributed by atoms with Crippen LogP contribution in [-0.2, 0) is 16.2 Å². The van der Waals surface area contributed by atoms with E-state index >= 15 is 0 Å². The lowest BCUT2D eigenvalue weighted by Crippen LogP contribution is -2.61. The van der Waals surface area contributed by atoms with Gasteiger partial charge < -0.3 is 9.80 Å². The predicted molar refractivity (Wildman–Crippen MR) is 311 cm³/mol. The molecular weight excluding hydrogens is 896 g/mol. The summed E-state index contributed by atoms with van der Waals surface area (Å²) in [4.78, 5) is 5.18. The first-order chi connectivity index (χ1) is 34.3. The highest BCUT2D eigenvalue weighted by molar-refractivity contribution is 7.26. The van der Waals surface area contributed by atoms with E-state index in [-0.39, 0.29) is 23.0 Å². The number of fused-ring (bicyclic) bond motifs is 11. The molecule has 9 aromatic carbocycles. The molecule has 11 aromatic rings. The summed E-state index contributed by atoms with van der Waals surface area (Å²) in [6.07, 6.45) is 2.33. The number of anilines is 6. The highest BCUT2D eigenvalue weighted by Gasteiger charge is 2.46. The van der Waals surface area contributed by atoms with Crippen LogP contribution in [0.2, 0.25) is 0 Å². The number of thiophene rings is 2. The molecule has 0 amide bonds. The fourth-order valence-corrected chi connectivity index (χ4v) is 14.9. The molecule has 71 heavy (non-hydrogen) atoms. The van der Waals surface area contributed by atoms with Gasteiger partial charge in [-0.25, -0.2) is 0 Å². The Kier molecular flexibility index (Phi) is 9.25. The lowest BCUT2D eigenvalue weighted by Gasteiger charge is -2.47. The summed E-state index contributed by atoms with van der Waals surface area (Å²) in [7, 11) is 0. The molecular formula is C66H55BN2S2. The van der Waals surface area contributed by atoms with Gasteiger partial charge in [0.05, 0.1) is 0 Å². The Hall–Kier alpha value is -6.92. The lowest BCUT2D eigenvalue weighted by molar-refractivity contribution is 0.332. The van der Waals surface area contributed by atoms with Gasteiger partial charge in [0.15, 0.2) is 0 Å². The van der Waals surface area contributed by atoms with E-state index in [0.29, 0.717) is 0 Å². The second-order valence-electron chi connectivity index (χ2n) is 22.7. The van der Waals surface area contributed by atoms with Crippen LogP contribution >= 0.6 is 22.7 Å². The van der Waals surface area contributed by atoms with Crippen LogP contribution in [0.5, 0.6) is 0 Å². The summed E-state index contributed by atoms with van der Waals surface area (Å²) in [6.45, 7) is 17.0. The minimum absolute atomic E-state index is 0.0289. The van der Waals surface area contributed by atoms with Gasteiger partial charge in [0.2, 0.25) is 0 Å². The Morgan fingerprint density at radius 3 is 1.42 bits per heavy atom. The van der Waals surface area contributed by atoms with E-state index in [1.54, 1.807) is 0 Å². The van der Waals surface area contributed by atoms with E-state index in [2.05, 4.69) is 240 Å². The fourth-order valence-electron chi connectivity index (χ4n) is 12.6. The molecule has 0 radical (unpaired) electrons. The van der Waals surface area contributed by atoms with Gasteiger partial charge in [-0.15, -0.1) is 22.7 Å². The van der Waals surface area contributed by atoms with Crippen LogP contribution in [0.15, 0.2) is 182 Å². The van der Waals surface area contributed by atoms with E-state index < -0.39 is 0 Å². The zero-order chi connectivity index (χ0) is 48.1. The Morgan fingerprint density at radius 1 is 0.437 bits per heavy atom. The summed E-state index contributed by atoms with van der Waals surface area (Å²) in [5.41, 5.74) is 20.9. The van der Waals surface area contributed by atoms with Gasteiger partial charge in [0.25, 0.3) is 6.71 Å². The molecule has 1 aliphatic carbocycles. The molecule has 0 N–H and O–H groups in total. The molecule has 0 saturated carbocycles. The summed E-state index contributed by atoms with van der Waals surface area (Å²) in [5, 5.41) is 5.35. The molecule has 2 aromatic heterocycles. The largest absolute Gasteiger partial charge is 0.311 e. The molecule has 0 fully saturated rings. The van der Waals surface area contributed by atoms with Crippen molar-refractivity contribution in [2.75, 3.05) is 9.80 Å². The molecule has 0 atom stereocenters. The maximum atomic E-state index is 2.65. The Balaban J connectivity index is 0.980. The van der Waals surface area contributed by atoms with Gasteiger partial charge >= 0.3 is 0 Å². The summed E-state index contributed by atoms with van der Waals surface area (Å²) < 4.78 is 5.33. The average Bonchev–Trinajstić information content (AvgIpc) is 3.96. The molecule has 0 saturated heterocycles. The Labute approximate surface area is 425 Å². The first-order valence-corrected chi connectivity index (χ1v) is 27.0. The van der Waals surface area contributed by atoms with E-state index in [4.69, 9.17) is 0 Å². The van der Waals surface area contributed by atoms with Crippen molar-refractivity contribution >= 4 is 120 Å². The molecule has 14 rings (SSSR count). The Bertz CT molecular complexity index is 3980. The third-order valence-corrected chi connectivity index (χ3v) is 18.8. The normalized spacial score (nSPS) is 15.6. The number of hydrogen-bond donors (Lipinski definition) is 0. The van der Waals surface area contributed by atoms with Crippen molar-refractivity contribution in [3.05, 3.63) is 199 Å². The summed E-state index contributed by atoms with van der Waals surface area (Å²) >= 11 is 3.77. The highest BCUT2D eigenvalue weighted by atomic mass is 32.1. The van der Waals surface area contributed by atoms with Crippen LogP contribution in [0.3, 0.4) is 0 Å². The molecule has 4 heterocycles. The number of rotatable bonds is 4. The number of benzene rings is 9. The highest BCUT2D eigenvalue weighted by Crippen LogP contribution is 2.51. The van der Waals surface area contributed by atoms with Crippen molar-refractivity contribution in [1.82, 2.24) is 0 Å². The summed E-state index contributed by atoms with van der Waals surface area (Å²) in [6, 6.07) is 69.9. The molecule has 3 aliphatic rings. The smallest absolute Gasteiger partial charge is 0.252 e. The number of nitrogens with zero attached hydrogens (tertiary/aromatic N) is 2. The van der Waals surface area contributed by atoms with Crippen LogP contribution in [0.25, 0.3) is 62.6 Å². The van der Waals surface area contributed by atoms with Gasteiger partial charge in [-0.2, -0.15) is 0 Å². The van der Waals surface area contributed by atoms with E-state index in [9.17, 15) is 0 Å². The Morgan fingerprint density at radius 2 is 0.901 bits per heavy atom. The van der Waals surface area contributed by atoms with E-state index in [0.717, 1.165) is 0 Å². The lowest BCUT2D eigenvalue weighted by atomic mass is 9.33. The molecule has 0 bridgehead atoms. The predicted octanol–water partition coefficient (Wildman–Crippen LogP) is 17.5. The monoisotopic (exact) mass is 950 g/mol. The molecule has 2 aliphatic heterocycles. The van der Waals surface area contributed by atoms with Gasteiger partial charge in [-0.05, 0) is 157 Å². The van der Waals surface area contributed by atoms with Crippen molar-refractivity contribution in [3.8, 4) is 22.3 Å². The standard InChI is InChI=1S/C66H55BN2S2/c1-64(2,3)42-29-34-51-55(37-42)68(43-30-25-40(26-31-43)45-17-12-23-59-61(45)47-15-8-10-21-57(47)70-59)53-19-14-20-54-63(53)67(51)52-38-49-50(66(6,7)36-35-65(49,4)5)39-56(52)69(54)44-32-27-41(28-33-44)46-18-13-24-60-62(46)48-16-9-11-22-58(48)71-60/h8-34,37-39H,35-36H2,1-7H3. The molecule has 0 spiro atoms. The van der Waals surface area contributed by atoms with E-state index in [1.807, 2.05) is 22.7 Å². The minimum atomic E-state index is -0.0289. The average molecular weight is 951 g/mol. The van der Waals surface area contributed by atoms with Crippen LogP contribution in [0, 0.1) is 0 Å². The van der Waals surface area contributed by atoms with Gasteiger partial charge in [0, 0.05) is 74.5 Å². The maximum Gasteiger partial charge on any atom is 0.252 e. The van der Waals surface area contributed by atoms with Crippen LogP contribution < -0.4 is 26.2 Å². The second-order valence-corrected chi connectivity index (χ2v) is 24.9.